The lowest BCUT2D eigenvalue weighted by Gasteiger charge is -2.16. The summed E-state index contributed by atoms with van der Waals surface area (Å²) in [6.45, 7) is 2.39. The maximum Gasteiger partial charge on any atom is 0.267 e. The summed E-state index contributed by atoms with van der Waals surface area (Å²) in [6, 6.07) is 1.81. The predicted octanol–water partition coefficient (Wildman–Crippen LogP) is 0.794. The Hall–Kier alpha value is -2.71. The standard InChI is InChI=1S/C18H25N5O4/c1-2-3-13-9-14(27-23-13)10-19-17(25)11-4-5-12(8-11)20-18(26)15-6-7-16(24)22-21-15/h9,11-12H,2-8,10H2,1H3,(H,19,25)(H,20,26)(H,22,24)/t11-,12+/m0/s1. The van der Waals surface area contributed by atoms with Crippen LogP contribution in [-0.4, -0.2) is 34.6 Å². The smallest absolute Gasteiger partial charge is 0.267 e. The average molecular weight is 375 g/mol. The summed E-state index contributed by atoms with van der Waals surface area (Å²) in [5, 5.41) is 13.5. The van der Waals surface area contributed by atoms with Crippen LogP contribution in [0.25, 0.3) is 0 Å². The summed E-state index contributed by atoms with van der Waals surface area (Å²) in [5.41, 5.74) is 3.54. The molecule has 1 aliphatic heterocycles. The van der Waals surface area contributed by atoms with Gasteiger partial charge in [-0.1, -0.05) is 18.5 Å². The van der Waals surface area contributed by atoms with Crippen LogP contribution >= 0.6 is 0 Å². The van der Waals surface area contributed by atoms with Gasteiger partial charge in [0.2, 0.25) is 11.8 Å². The van der Waals surface area contributed by atoms with E-state index < -0.39 is 0 Å². The molecule has 0 unspecified atom stereocenters. The van der Waals surface area contributed by atoms with Gasteiger partial charge in [-0.05, 0) is 25.7 Å². The Bertz CT molecular complexity index is 742. The van der Waals surface area contributed by atoms with Crippen LogP contribution in [0.3, 0.4) is 0 Å². The lowest BCUT2D eigenvalue weighted by atomic mass is 10.1. The van der Waals surface area contributed by atoms with E-state index in [9.17, 15) is 14.4 Å². The van der Waals surface area contributed by atoms with Crippen molar-refractivity contribution in [3.63, 3.8) is 0 Å². The van der Waals surface area contributed by atoms with Crippen molar-refractivity contribution in [3.8, 4) is 0 Å². The van der Waals surface area contributed by atoms with E-state index in [1.807, 2.05) is 6.07 Å². The minimum Gasteiger partial charge on any atom is -0.359 e. The van der Waals surface area contributed by atoms with Gasteiger partial charge in [0.25, 0.3) is 5.91 Å². The van der Waals surface area contributed by atoms with Crippen LogP contribution in [0.4, 0.5) is 0 Å². The van der Waals surface area contributed by atoms with Crippen LogP contribution in [-0.2, 0) is 27.3 Å². The second-order valence-electron chi connectivity index (χ2n) is 7.03. The molecule has 9 nitrogen and oxygen atoms in total. The highest BCUT2D eigenvalue weighted by atomic mass is 16.5. The fourth-order valence-corrected chi connectivity index (χ4v) is 3.39. The molecule has 1 aromatic heterocycles. The maximum atomic E-state index is 12.4. The Labute approximate surface area is 157 Å². The van der Waals surface area contributed by atoms with Gasteiger partial charge in [-0.2, -0.15) is 5.10 Å². The number of hydrazone groups is 1. The molecule has 2 atom stereocenters. The summed E-state index contributed by atoms with van der Waals surface area (Å²) in [4.78, 5) is 35.6. The molecule has 2 heterocycles. The molecule has 1 aliphatic carbocycles. The number of nitrogens with zero attached hydrogens (tertiary/aromatic N) is 2. The zero-order valence-electron chi connectivity index (χ0n) is 15.4. The number of aryl methyl sites for hydroxylation is 1. The summed E-state index contributed by atoms with van der Waals surface area (Å²) in [5.74, 6) is 0.0136. The van der Waals surface area contributed by atoms with Crippen LogP contribution in [0.2, 0.25) is 0 Å². The Morgan fingerprint density at radius 1 is 1.33 bits per heavy atom. The quantitative estimate of drug-likeness (QED) is 0.650. The van der Waals surface area contributed by atoms with Crippen molar-refractivity contribution in [2.45, 2.75) is 64.5 Å². The normalized spacial score (nSPS) is 22.1. The van der Waals surface area contributed by atoms with Gasteiger partial charge in [-0.3, -0.25) is 14.4 Å². The first-order valence-electron chi connectivity index (χ1n) is 9.43. The van der Waals surface area contributed by atoms with E-state index in [1.165, 1.54) is 0 Å². The van der Waals surface area contributed by atoms with E-state index in [2.05, 4.69) is 33.2 Å². The van der Waals surface area contributed by atoms with Gasteiger partial charge in [0.1, 0.15) is 5.71 Å². The summed E-state index contributed by atoms with van der Waals surface area (Å²) < 4.78 is 5.21. The maximum absolute atomic E-state index is 12.4. The van der Waals surface area contributed by atoms with E-state index in [0.717, 1.165) is 31.4 Å². The van der Waals surface area contributed by atoms with Crippen LogP contribution < -0.4 is 16.1 Å². The van der Waals surface area contributed by atoms with Crippen molar-refractivity contribution in [1.29, 1.82) is 0 Å². The third-order valence-corrected chi connectivity index (χ3v) is 4.86. The molecule has 1 fully saturated rings. The van der Waals surface area contributed by atoms with Crippen molar-refractivity contribution < 1.29 is 18.9 Å². The minimum absolute atomic E-state index is 0.0394. The Morgan fingerprint density at radius 3 is 2.93 bits per heavy atom. The molecule has 3 amide bonds. The largest absolute Gasteiger partial charge is 0.359 e. The third-order valence-electron chi connectivity index (χ3n) is 4.86. The molecule has 9 heteroatoms. The van der Waals surface area contributed by atoms with E-state index >= 15 is 0 Å². The Kier molecular flexibility index (Phi) is 6.20. The van der Waals surface area contributed by atoms with Crippen molar-refractivity contribution in [2.75, 3.05) is 0 Å². The number of rotatable bonds is 7. The highest BCUT2D eigenvalue weighted by Gasteiger charge is 2.32. The van der Waals surface area contributed by atoms with Gasteiger partial charge in [-0.15, -0.1) is 0 Å². The topological polar surface area (TPSA) is 126 Å². The molecule has 1 aromatic rings. The average Bonchev–Trinajstić information content (AvgIpc) is 3.30. The Balaban J connectivity index is 1.42. The highest BCUT2D eigenvalue weighted by molar-refractivity contribution is 6.39. The van der Waals surface area contributed by atoms with Crippen LogP contribution in [0.5, 0.6) is 0 Å². The molecule has 0 radical (unpaired) electrons. The minimum atomic E-state index is -0.272. The highest BCUT2D eigenvalue weighted by Crippen LogP contribution is 2.26. The van der Waals surface area contributed by atoms with E-state index in [4.69, 9.17) is 4.52 Å². The molecule has 3 N–H and O–H groups in total. The fourth-order valence-electron chi connectivity index (χ4n) is 3.39. The lowest BCUT2D eigenvalue weighted by Crippen LogP contribution is -2.41. The number of aromatic nitrogens is 1. The van der Waals surface area contributed by atoms with Crippen molar-refractivity contribution in [2.24, 2.45) is 11.0 Å². The monoisotopic (exact) mass is 375 g/mol. The molecule has 3 rings (SSSR count). The number of hydrogen-bond donors (Lipinski definition) is 3. The van der Waals surface area contributed by atoms with Crippen LogP contribution in [0.15, 0.2) is 15.7 Å². The molecule has 0 aromatic carbocycles. The van der Waals surface area contributed by atoms with E-state index in [1.54, 1.807) is 0 Å². The number of amides is 3. The summed E-state index contributed by atoms with van der Waals surface area (Å²) in [7, 11) is 0. The third kappa shape index (κ3) is 5.15. The predicted molar refractivity (Wildman–Crippen MR) is 96.4 cm³/mol. The van der Waals surface area contributed by atoms with E-state index in [-0.39, 0.29) is 36.1 Å². The van der Waals surface area contributed by atoms with Gasteiger partial charge in [-0.25, -0.2) is 5.43 Å². The first-order chi connectivity index (χ1) is 13.0. The van der Waals surface area contributed by atoms with Gasteiger partial charge < -0.3 is 15.2 Å². The van der Waals surface area contributed by atoms with Crippen LogP contribution in [0.1, 0.15) is 56.9 Å². The van der Waals surface area contributed by atoms with E-state index in [0.29, 0.717) is 30.9 Å². The number of hydrogen-bond acceptors (Lipinski definition) is 6. The molecule has 146 valence electrons. The van der Waals surface area contributed by atoms with Crippen LogP contribution in [0, 0.1) is 5.92 Å². The molecule has 0 saturated heterocycles. The molecule has 2 aliphatic rings. The van der Waals surface area contributed by atoms with Gasteiger partial charge in [0.15, 0.2) is 5.76 Å². The molecule has 27 heavy (non-hydrogen) atoms. The molecule has 0 bridgehead atoms. The van der Waals surface area contributed by atoms with Crippen molar-refractivity contribution in [3.05, 3.63) is 17.5 Å². The van der Waals surface area contributed by atoms with Crippen molar-refractivity contribution >= 4 is 23.4 Å². The summed E-state index contributed by atoms with van der Waals surface area (Å²) >= 11 is 0. The Morgan fingerprint density at radius 2 is 2.19 bits per heavy atom. The van der Waals surface area contributed by atoms with Crippen molar-refractivity contribution in [1.82, 2.24) is 21.2 Å². The second-order valence-corrected chi connectivity index (χ2v) is 7.03. The molecular formula is C18H25N5O4. The summed E-state index contributed by atoms with van der Waals surface area (Å²) in [6.07, 6.45) is 4.51. The lowest BCUT2D eigenvalue weighted by molar-refractivity contribution is -0.125. The number of carbonyl (C=O) groups is 3. The van der Waals surface area contributed by atoms with Gasteiger partial charge >= 0.3 is 0 Å². The molecule has 1 saturated carbocycles. The molecular weight excluding hydrogens is 350 g/mol. The molecule has 0 spiro atoms. The first kappa shape index (κ1) is 19.1. The number of carbonyl (C=O) groups excluding carboxylic acids is 3. The second kappa shape index (κ2) is 8.79. The first-order valence-corrected chi connectivity index (χ1v) is 9.43. The van der Waals surface area contributed by atoms with Gasteiger partial charge in [0.05, 0.1) is 12.2 Å². The fraction of sp³-hybridized carbons (Fsp3) is 0.611. The number of nitrogens with one attached hydrogen (secondary N) is 3. The SMILES string of the molecule is CCCc1cc(CNC(=O)[C@H]2CC[C@@H](NC(=O)C3=NNC(=O)CC3)C2)on1. The zero-order chi connectivity index (χ0) is 19.2. The van der Waals surface area contributed by atoms with Gasteiger partial charge in [0, 0.05) is 30.9 Å². The zero-order valence-corrected chi connectivity index (χ0v) is 15.4.